The molecular weight excluding hydrogens is 284 g/mol. The fraction of sp³-hybridized carbons (Fsp3) is 0.625. The second kappa shape index (κ2) is 7.92. The highest BCUT2D eigenvalue weighted by Crippen LogP contribution is 2.21. The van der Waals surface area contributed by atoms with Gasteiger partial charge in [0.2, 0.25) is 10.0 Å². The van der Waals surface area contributed by atoms with E-state index in [2.05, 4.69) is 37.7 Å². The van der Waals surface area contributed by atoms with E-state index in [4.69, 9.17) is 0 Å². The third kappa shape index (κ3) is 5.09. The van der Waals surface area contributed by atoms with Crippen molar-refractivity contribution in [3.05, 3.63) is 29.8 Å². The maximum atomic E-state index is 12.5. The summed E-state index contributed by atoms with van der Waals surface area (Å²) in [6.45, 7) is 9.55. The van der Waals surface area contributed by atoms with Gasteiger partial charge in [-0.3, -0.25) is 0 Å². The molecule has 0 aromatic heterocycles. The summed E-state index contributed by atoms with van der Waals surface area (Å²) < 4.78 is 27.9. The molecule has 0 fully saturated rings. The fourth-order valence-electron chi connectivity index (χ4n) is 2.63. The van der Waals surface area contributed by atoms with Crippen LogP contribution in [0.15, 0.2) is 29.2 Å². The number of rotatable bonds is 8. The highest BCUT2D eigenvalue weighted by Gasteiger charge is 2.22. The van der Waals surface area contributed by atoms with E-state index < -0.39 is 10.0 Å². The van der Waals surface area contributed by atoms with Crippen LogP contribution in [0.2, 0.25) is 0 Å². The smallest absolute Gasteiger partial charge is 0.240 e. The first-order valence-corrected chi connectivity index (χ1v) is 9.00. The van der Waals surface area contributed by atoms with Gasteiger partial charge in [-0.2, -0.15) is 0 Å². The third-order valence-electron chi connectivity index (χ3n) is 3.85. The molecule has 1 aromatic carbocycles. The van der Waals surface area contributed by atoms with Gasteiger partial charge in [0.15, 0.2) is 0 Å². The lowest BCUT2D eigenvalue weighted by Crippen LogP contribution is -2.34. The van der Waals surface area contributed by atoms with Crippen molar-refractivity contribution in [2.75, 3.05) is 13.6 Å². The van der Waals surface area contributed by atoms with Crippen LogP contribution in [0.1, 0.15) is 33.3 Å². The normalized spacial score (nSPS) is 12.6. The molecule has 21 heavy (non-hydrogen) atoms. The summed E-state index contributed by atoms with van der Waals surface area (Å²) in [4.78, 5) is 0.366. The van der Waals surface area contributed by atoms with Gasteiger partial charge in [-0.1, -0.05) is 45.9 Å². The molecule has 0 amide bonds. The molecule has 0 heterocycles. The van der Waals surface area contributed by atoms with Crippen LogP contribution in [0.3, 0.4) is 0 Å². The van der Waals surface area contributed by atoms with Crippen LogP contribution in [-0.2, 0) is 16.6 Å². The molecular formula is C16H28N2O2S. The molecule has 0 aliphatic rings. The van der Waals surface area contributed by atoms with Crippen LogP contribution in [0.4, 0.5) is 0 Å². The molecule has 2 N–H and O–H groups in total. The van der Waals surface area contributed by atoms with Crippen molar-refractivity contribution >= 4 is 10.0 Å². The van der Waals surface area contributed by atoms with E-state index in [1.807, 2.05) is 19.2 Å². The van der Waals surface area contributed by atoms with Gasteiger partial charge in [0.05, 0.1) is 4.90 Å². The molecule has 0 saturated heterocycles. The van der Waals surface area contributed by atoms with E-state index in [1.54, 1.807) is 12.1 Å². The lowest BCUT2D eigenvalue weighted by molar-refractivity contribution is 0.289. The SMILES string of the molecule is CNCc1ccccc1S(=O)(=O)NCC(C(C)C)C(C)C. The van der Waals surface area contributed by atoms with E-state index >= 15 is 0 Å². The number of sulfonamides is 1. The number of benzene rings is 1. The standard InChI is InChI=1S/C16H28N2O2S/c1-12(2)15(13(3)4)11-18-21(19,20)16-9-7-6-8-14(16)10-17-5/h6-9,12-13,15,17-18H,10-11H2,1-5H3. The van der Waals surface area contributed by atoms with E-state index in [-0.39, 0.29) is 0 Å². The Morgan fingerprint density at radius 2 is 1.62 bits per heavy atom. The van der Waals surface area contributed by atoms with Crippen LogP contribution >= 0.6 is 0 Å². The molecule has 0 spiro atoms. The summed E-state index contributed by atoms with van der Waals surface area (Å²) in [6, 6.07) is 7.12. The molecule has 4 nitrogen and oxygen atoms in total. The average molecular weight is 312 g/mol. The first-order valence-electron chi connectivity index (χ1n) is 7.51. The van der Waals surface area contributed by atoms with E-state index in [0.717, 1.165) is 5.56 Å². The minimum atomic E-state index is -3.47. The Balaban J connectivity index is 2.92. The summed E-state index contributed by atoms with van der Waals surface area (Å²) in [5.41, 5.74) is 0.790. The number of nitrogens with one attached hydrogen (secondary N) is 2. The zero-order valence-corrected chi connectivity index (χ0v) is 14.5. The van der Waals surface area contributed by atoms with E-state index in [0.29, 0.717) is 35.7 Å². The fourth-order valence-corrected chi connectivity index (χ4v) is 3.94. The molecule has 5 heteroatoms. The van der Waals surface area contributed by atoms with E-state index in [9.17, 15) is 8.42 Å². The number of hydrogen-bond acceptors (Lipinski definition) is 3. The summed E-state index contributed by atoms with van der Waals surface area (Å²) in [5.74, 6) is 1.22. The van der Waals surface area contributed by atoms with Gasteiger partial charge >= 0.3 is 0 Å². The van der Waals surface area contributed by atoms with Crippen LogP contribution in [0.25, 0.3) is 0 Å². The van der Waals surface area contributed by atoms with Crippen LogP contribution in [0, 0.1) is 17.8 Å². The van der Waals surface area contributed by atoms with Crippen molar-refractivity contribution in [2.45, 2.75) is 39.1 Å². The maximum absolute atomic E-state index is 12.5. The third-order valence-corrected chi connectivity index (χ3v) is 5.38. The lowest BCUT2D eigenvalue weighted by atomic mass is 9.86. The first-order chi connectivity index (χ1) is 9.79. The predicted molar refractivity (Wildman–Crippen MR) is 87.6 cm³/mol. The quantitative estimate of drug-likeness (QED) is 0.776. The van der Waals surface area contributed by atoms with Crippen molar-refractivity contribution in [3.8, 4) is 0 Å². The summed E-state index contributed by atoms with van der Waals surface area (Å²) in [7, 11) is -1.66. The van der Waals surface area contributed by atoms with Gasteiger partial charge in [-0.25, -0.2) is 13.1 Å². The van der Waals surface area contributed by atoms with Gasteiger partial charge in [-0.15, -0.1) is 0 Å². The highest BCUT2D eigenvalue weighted by molar-refractivity contribution is 7.89. The summed E-state index contributed by atoms with van der Waals surface area (Å²) >= 11 is 0. The van der Waals surface area contributed by atoms with Crippen LogP contribution in [0.5, 0.6) is 0 Å². The minimum Gasteiger partial charge on any atom is -0.316 e. The molecule has 1 rings (SSSR count). The topological polar surface area (TPSA) is 58.2 Å². The molecule has 0 saturated carbocycles. The highest BCUT2D eigenvalue weighted by atomic mass is 32.2. The monoisotopic (exact) mass is 312 g/mol. The minimum absolute atomic E-state index is 0.330. The molecule has 0 atom stereocenters. The van der Waals surface area contributed by atoms with Gasteiger partial charge in [0.1, 0.15) is 0 Å². The Hall–Kier alpha value is -0.910. The first kappa shape index (κ1) is 18.1. The molecule has 120 valence electrons. The molecule has 0 radical (unpaired) electrons. The Morgan fingerprint density at radius 3 is 2.14 bits per heavy atom. The average Bonchev–Trinajstić information content (AvgIpc) is 2.38. The number of hydrogen-bond donors (Lipinski definition) is 2. The maximum Gasteiger partial charge on any atom is 0.240 e. The van der Waals surface area contributed by atoms with Crippen molar-refractivity contribution < 1.29 is 8.42 Å². The van der Waals surface area contributed by atoms with Crippen molar-refractivity contribution in [2.24, 2.45) is 17.8 Å². The van der Waals surface area contributed by atoms with Crippen LogP contribution < -0.4 is 10.0 Å². The molecule has 0 aliphatic carbocycles. The summed E-state index contributed by atoms with van der Waals surface area (Å²) in [6.07, 6.45) is 0. The lowest BCUT2D eigenvalue weighted by Gasteiger charge is -2.25. The second-order valence-electron chi connectivity index (χ2n) is 6.14. The Morgan fingerprint density at radius 1 is 1.05 bits per heavy atom. The Kier molecular flexibility index (Phi) is 6.84. The van der Waals surface area contributed by atoms with Gasteiger partial charge in [-0.05, 0) is 36.4 Å². The summed E-state index contributed by atoms with van der Waals surface area (Å²) in [5, 5.41) is 3.01. The largest absolute Gasteiger partial charge is 0.316 e. The van der Waals surface area contributed by atoms with Crippen molar-refractivity contribution in [1.82, 2.24) is 10.0 Å². The van der Waals surface area contributed by atoms with E-state index in [1.165, 1.54) is 0 Å². The second-order valence-corrected chi connectivity index (χ2v) is 7.88. The zero-order valence-electron chi connectivity index (χ0n) is 13.7. The molecule has 1 aromatic rings. The molecule has 0 unspecified atom stereocenters. The van der Waals surface area contributed by atoms with Gasteiger partial charge < -0.3 is 5.32 Å². The molecule has 0 bridgehead atoms. The van der Waals surface area contributed by atoms with Crippen LogP contribution in [-0.4, -0.2) is 22.0 Å². The zero-order chi connectivity index (χ0) is 16.0. The Labute approximate surface area is 129 Å². The Bertz CT molecular complexity index is 531. The van der Waals surface area contributed by atoms with Crippen molar-refractivity contribution in [3.63, 3.8) is 0 Å². The van der Waals surface area contributed by atoms with Gasteiger partial charge in [0.25, 0.3) is 0 Å². The predicted octanol–water partition coefficient (Wildman–Crippen LogP) is 2.61. The van der Waals surface area contributed by atoms with Crippen molar-refractivity contribution in [1.29, 1.82) is 0 Å². The molecule has 0 aliphatic heterocycles. The van der Waals surface area contributed by atoms with Gasteiger partial charge in [0, 0.05) is 13.1 Å².